The Kier molecular flexibility index (Phi) is 9.18. The smallest absolute Gasteiger partial charge is 0.508 e. The van der Waals surface area contributed by atoms with Crippen molar-refractivity contribution < 1.29 is 30.5 Å². The van der Waals surface area contributed by atoms with Crippen LogP contribution in [0.4, 0.5) is 0 Å². The van der Waals surface area contributed by atoms with Gasteiger partial charge in [0.2, 0.25) is 0 Å². The average Bonchev–Trinajstić information content (AvgIpc) is 3.71. The van der Waals surface area contributed by atoms with Gasteiger partial charge in [0.1, 0.15) is 22.9 Å². The van der Waals surface area contributed by atoms with Crippen molar-refractivity contribution in [2.24, 2.45) is 4.99 Å². The van der Waals surface area contributed by atoms with Crippen LogP contribution in [-0.4, -0.2) is 26.0 Å². The van der Waals surface area contributed by atoms with E-state index in [4.69, 9.17) is 24.4 Å². The SMILES string of the molecule is Cc1cc2c3c(c1)c1cc(C)c(Oc4[c-]c(C5=N[C@]6(C)C(C)(C)c7c(C(C)(C)C)cc(C(C)(C)C)cc7[C@]6(C)O5)cc(-c5ccccn5)c4)[c-]c1n3-c1ncccc1C2(C)C.[Pt+2]. The molecule has 2 atom stereocenters. The second-order valence-corrected chi connectivity index (χ2v) is 21.2. The molecule has 0 radical (unpaired) electrons. The predicted molar refractivity (Wildman–Crippen MR) is 248 cm³/mol. The summed E-state index contributed by atoms with van der Waals surface area (Å²) < 4.78 is 16.5. The first-order valence-electron chi connectivity index (χ1n) is 21.7. The van der Waals surface area contributed by atoms with Gasteiger partial charge >= 0.3 is 21.1 Å². The van der Waals surface area contributed by atoms with Crippen LogP contribution in [0, 0.1) is 26.0 Å². The van der Waals surface area contributed by atoms with Crippen LogP contribution < -0.4 is 4.74 Å². The number of fused-ring (bicyclic) bond motifs is 8. The second-order valence-electron chi connectivity index (χ2n) is 21.2. The van der Waals surface area contributed by atoms with Gasteiger partial charge in [0.05, 0.1) is 5.69 Å². The Morgan fingerprint density at radius 1 is 0.726 bits per heavy atom. The molecule has 0 spiro atoms. The predicted octanol–water partition coefficient (Wildman–Crippen LogP) is 13.2. The normalized spacial score (nSPS) is 20.6. The molecule has 0 fully saturated rings. The molecule has 7 heteroatoms. The Bertz CT molecular complexity index is 3050. The summed E-state index contributed by atoms with van der Waals surface area (Å²) in [6, 6.07) is 33.3. The minimum Gasteiger partial charge on any atom is -0.508 e. The molecule has 10 rings (SSSR count). The molecule has 1 aliphatic carbocycles. The maximum Gasteiger partial charge on any atom is 2.00 e. The molecule has 2 aliphatic heterocycles. The number of nitrogens with zero attached hydrogens (tertiary/aromatic N) is 4. The number of ether oxygens (including phenoxy) is 2. The van der Waals surface area contributed by atoms with Crippen LogP contribution in [0.1, 0.15) is 133 Å². The summed E-state index contributed by atoms with van der Waals surface area (Å²) in [6.07, 6.45) is 3.70. The molecular formula is C55H56N4O2Pt. The molecule has 0 unspecified atom stereocenters. The zero-order chi connectivity index (χ0) is 43.4. The van der Waals surface area contributed by atoms with Crippen molar-refractivity contribution >= 4 is 27.7 Å². The minimum atomic E-state index is -0.734. The van der Waals surface area contributed by atoms with Crippen molar-refractivity contribution in [1.82, 2.24) is 14.5 Å². The Morgan fingerprint density at radius 3 is 2.16 bits per heavy atom. The van der Waals surface area contributed by atoms with E-state index in [9.17, 15) is 0 Å². The first-order chi connectivity index (χ1) is 28.5. The standard InChI is InChI=1S/C55H56N4O2.Pt/c1-31-22-38-37-24-32(2)45(30-44(37)59-47(38)42(23-31)52(9,10)39-18-17-21-57-48(39)59)60-36-26-33(43-19-15-16-20-56-43)25-34(27-36)49-58-55(14)53(11,12)46-40(51(6,7)8)28-35(50(3,4)5)29-41(46)54(55,13)61-49;/h15-26,28-29H,1-14H3;/q-2;+2/t54-,55+;/m0./s1. The van der Waals surface area contributed by atoms with E-state index in [0.29, 0.717) is 17.4 Å². The van der Waals surface area contributed by atoms with Gasteiger partial charge in [-0.2, -0.15) is 6.07 Å². The van der Waals surface area contributed by atoms with Gasteiger partial charge in [-0.25, -0.2) is 4.98 Å². The Hall–Kier alpha value is -5.06. The van der Waals surface area contributed by atoms with Gasteiger partial charge < -0.3 is 14.0 Å². The van der Waals surface area contributed by atoms with Gasteiger partial charge in [0, 0.05) is 51.4 Å². The fraction of sp³-hybridized carbons (Fsp3) is 0.364. The maximum atomic E-state index is 7.30. The number of rotatable bonds is 4. The van der Waals surface area contributed by atoms with E-state index in [2.05, 4.69) is 156 Å². The summed E-state index contributed by atoms with van der Waals surface area (Å²) in [5.74, 6) is 2.64. The monoisotopic (exact) mass is 999 g/mol. The van der Waals surface area contributed by atoms with E-state index in [-0.39, 0.29) is 42.7 Å². The summed E-state index contributed by atoms with van der Waals surface area (Å²) in [5.41, 5.74) is 12.4. The van der Waals surface area contributed by atoms with Crippen molar-refractivity contribution in [2.45, 2.75) is 130 Å². The third-order valence-electron chi connectivity index (χ3n) is 14.5. The third kappa shape index (κ3) is 5.80. The number of aromatic nitrogens is 3. The van der Waals surface area contributed by atoms with Crippen LogP contribution in [0.25, 0.3) is 38.9 Å². The molecule has 318 valence electrons. The van der Waals surface area contributed by atoms with E-state index >= 15 is 0 Å². The van der Waals surface area contributed by atoms with Crippen LogP contribution in [0.3, 0.4) is 0 Å². The maximum absolute atomic E-state index is 7.30. The Labute approximate surface area is 381 Å². The van der Waals surface area contributed by atoms with Crippen molar-refractivity contribution in [1.29, 1.82) is 0 Å². The Morgan fingerprint density at radius 2 is 1.47 bits per heavy atom. The largest absolute Gasteiger partial charge is 2.00 e. The molecule has 62 heavy (non-hydrogen) atoms. The molecule has 4 aromatic carbocycles. The second kappa shape index (κ2) is 13.5. The summed E-state index contributed by atoms with van der Waals surface area (Å²) >= 11 is 0. The zero-order valence-corrected chi connectivity index (χ0v) is 40.8. The molecule has 0 bridgehead atoms. The molecule has 5 heterocycles. The molecule has 0 saturated heterocycles. The van der Waals surface area contributed by atoms with Gasteiger partial charge in [0.15, 0.2) is 0 Å². The Balaban J connectivity index is 0.00000490. The summed E-state index contributed by atoms with van der Waals surface area (Å²) in [7, 11) is 0. The molecule has 0 N–H and O–H groups in total. The van der Waals surface area contributed by atoms with Crippen LogP contribution in [0.15, 0.2) is 90.2 Å². The fourth-order valence-corrected chi connectivity index (χ4v) is 10.6. The molecule has 6 nitrogen and oxygen atoms in total. The zero-order valence-electron chi connectivity index (χ0n) is 38.5. The van der Waals surface area contributed by atoms with E-state index in [1.165, 1.54) is 49.8 Å². The number of hydrogen-bond acceptors (Lipinski definition) is 5. The van der Waals surface area contributed by atoms with Crippen molar-refractivity contribution in [3.8, 4) is 28.6 Å². The van der Waals surface area contributed by atoms with E-state index in [1.807, 2.05) is 42.7 Å². The van der Waals surface area contributed by atoms with Crippen LogP contribution in [0.2, 0.25) is 0 Å². The molecule has 3 aromatic heterocycles. The first kappa shape index (κ1) is 42.2. The van der Waals surface area contributed by atoms with Crippen LogP contribution in [-0.2, 0) is 53.1 Å². The van der Waals surface area contributed by atoms with Crippen molar-refractivity contribution in [3.05, 3.63) is 147 Å². The minimum absolute atomic E-state index is 0. The van der Waals surface area contributed by atoms with Gasteiger partial charge in [-0.05, 0) is 77.4 Å². The van der Waals surface area contributed by atoms with Gasteiger partial charge in [-0.15, -0.1) is 23.1 Å². The summed E-state index contributed by atoms with van der Waals surface area (Å²) in [4.78, 5) is 15.4. The molecule has 3 aliphatic rings. The quantitative estimate of drug-likeness (QED) is 0.165. The first-order valence-corrected chi connectivity index (χ1v) is 21.7. The number of pyridine rings is 2. The van der Waals surface area contributed by atoms with Crippen molar-refractivity contribution in [3.63, 3.8) is 0 Å². The van der Waals surface area contributed by atoms with E-state index < -0.39 is 11.1 Å². The number of aliphatic imine (C=N–C) groups is 1. The molecule has 0 saturated carbocycles. The molecule has 0 amide bonds. The molecular weight excluding hydrogens is 944 g/mol. The third-order valence-corrected chi connectivity index (χ3v) is 14.5. The molecule has 7 aromatic rings. The van der Waals surface area contributed by atoms with E-state index in [0.717, 1.165) is 39.1 Å². The summed E-state index contributed by atoms with van der Waals surface area (Å²) in [6.45, 7) is 31.9. The number of hydrogen-bond donors (Lipinski definition) is 0. The summed E-state index contributed by atoms with van der Waals surface area (Å²) in [5, 5.41) is 2.32. The fourth-order valence-electron chi connectivity index (χ4n) is 10.6. The topological polar surface area (TPSA) is 61.5 Å². The number of aryl methyl sites for hydroxylation is 2. The average molecular weight is 1000 g/mol. The van der Waals surface area contributed by atoms with E-state index in [1.54, 1.807) is 0 Å². The van der Waals surface area contributed by atoms with Crippen molar-refractivity contribution in [2.75, 3.05) is 0 Å². The van der Waals surface area contributed by atoms with Crippen LogP contribution in [0.5, 0.6) is 11.5 Å². The number of benzene rings is 4. The van der Waals surface area contributed by atoms with Gasteiger partial charge in [-0.3, -0.25) is 9.98 Å². The van der Waals surface area contributed by atoms with Gasteiger partial charge in [0.25, 0.3) is 0 Å². The van der Waals surface area contributed by atoms with Crippen LogP contribution >= 0.6 is 0 Å². The van der Waals surface area contributed by atoms with Gasteiger partial charge in [-0.1, -0.05) is 147 Å².